The number of carbonyl (C=O) groups excluding carboxylic acids is 2. The molecule has 2 aliphatic carbocycles. The molecule has 0 saturated heterocycles. The second kappa shape index (κ2) is 10.0. The molecule has 2 aromatic carbocycles. The molecule has 0 fully saturated rings. The van der Waals surface area contributed by atoms with Crippen LogP contribution in [0.5, 0.6) is 0 Å². The van der Waals surface area contributed by atoms with Gasteiger partial charge in [-0.05, 0) is 12.1 Å². The molecule has 0 atom stereocenters. The third-order valence-corrected chi connectivity index (χ3v) is 7.19. The van der Waals surface area contributed by atoms with Gasteiger partial charge in [0.1, 0.15) is 0 Å². The Kier molecular flexibility index (Phi) is 7.79. The van der Waals surface area contributed by atoms with E-state index in [1.54, 1.807) is 18.2 Å². The van der Waals surface area contributed by atoms with E-state index in [0.29, 0.717) is 11.1 Å². The molecule has 0 aliphatic heterocycles. The highest BCUT2D eigenvalue weighted by atomic mass is 32.2. The molecule has 0 N–H and O–H groups in total. The minimum Gasteiger partial charge on any atom is -0.361 e. The molecular formula is C23H20N4O6S2. The molecule has 0 radical (unpaired) electrons. The van der Waals surface area contributed by atoms with Crippen molar-refractivity contribution in [2.75, 3.05) is 12.5 Å². The van der Waals surface area contributed by atoms with Gasteiger partial charge in [-0.3, -0.25) is 9.59 Å². The van der Waals surface area contributed by atoms with Crippen molar-refractivity contribution in [3.63, 3.8) is 0 Å². The van der Waals surface area contributed by atoms with Gasteiger partial charge in [0, 0.05) is 40.8 Å². The van der Waals surface area contributed by atoms with Crippen LogP contribution in [0.1, 0.15) is 39.3 Å². The molecule has 0 unspecified atom stereocenters. The first-order valence-corrected chi connectivity index (χ1v) is 13.2. The van der Waals surface area contributed by atoms with Gasteiger partial charge in [-0.15, -0.1) is 0 Å². The Morgan fingerprint density at radius 3 is 1.77 bits per heavy atom. The highest BCUT2D eigenvalue weighted by molar-refractivity contribution is 8.00. The second-order valence-corrected chi connectivity index (χ2v) is 11.2. The fourth-order valence-corrected chi connectivity index (χ4v) is 5.18. The summed E-state index contributed by atoms with van der Waals surface area (Å²) < 4.78 is 46.3. The molecule has 180 valence electrons. The summed E-state index contributed by atoms with van der Waals surface area (Å²) in [6.07, 6.45) is 5.96. The molecule has 4 rings (SSSR count). The number of ketones is 2. The van der Waals surface area contributed by atoms with E-state index in [-0.39, 0.29) is 39.8 Å². The van der Waals surface area contributed by atoms with Crippen LogP contribution in [-0.2, 0) is 19.7 Å². The number of sulfone groups is 2. The Labute approximate surface area is 202 Å². The van der Waals surface area contributed by atoms with Gasteiger partial charge in [-0.2, -0.15) is 9.58 Å². The molecule has 2 aliphatic rings. The predicted molar refractivity (Wildman–Crippen MR) is 130 cm³/mol. The smallest absolute Gasteiger partial charge is 0.361 e. The summed E-state index contributed by atoms with van der Waals surface area (Å²) in [6, 6.07) is 10.7. The van der Waals surface area contributed by atoms with Crippen molar-refractivity contribution in [2.45, 2.75) is 12.3 Å². The maximum absolute atomic E-state index is 11.8. The Hall–Kier alpha value is -4.08. The third-order valence-electron chi connectivity index (χ3n) is 4.90. The van der Waals surface area contributed by atoms with Crippen LogP contribution in [0.2, 0.25) is 0 Å². The normalized spacial score (nSPS) is 14.3. The fraction of sp³-hybridized carbons (Fsp3) is 0.130. The molecule has 2 aromatic rings. The minimum atomic E-state index is -3.49. The molecule has 0 aromatic heterocycles. The highest BCUT2D eigenvalue weighted by Gasteiger charge is 2.33. The summed E-state index contributed by atoms with van der Waals surface area (Å²) >= 11 is 0. The van der Waals surface area contributed by atoms with Gasteiger partial charge in [0.25, 0.3) is 11.6 Å². The lowest BCUT2D eigenvalue weighted by Crippen LogP contribution is -2.22. The van der Waals surface area contributed by atoms with Crippen molar-refractivity contribution < 1.29 is 36.0 Å². The topological polar surface area (TPSA) is 175 Å². The number of fused-ring (bicyclic) bond motifs is 2. The number of hydrogen-bond donors (Lipinski definition) is 0. The summed E-state index contributed by atoms with van der Waals surface area (Å²) in [6.45, 7) is 0. The van der Waals surface area contributed by atoms with E-state index in [9.17, 15) is 26.4 Å². The van der Waals surface area contributed by atoms with Gasteiger partial charge in [0.15, 0.2) is 19.7 Å². The molecule has 0 bridgehead atoms. The van der Waals surface area contributed by atoms with E-state index in [0.717, 1.165) is 18.6 Å². The van der Waals surface area contributed by atoms with Crippen molar-refractivity contribution >= 4 is 53.6 Å². The van der Waals surface area contributed by atoms with Gasteiger partial charge < -0.3 is 11.1 Å². The molecule has 0 heterocycles. The number of allylic oxidation sites excluding steroid dienone is 2. The van der Waals surface area contributed by atoms with E-state index >= 15 is 0 Å². The molecule has 0 spiro atoms. The summed E-state index contributed by atoms with van der Waals surface area (Å²) in [5, 5.41) is 0. The largest absolute Gasteiger partial charge is 0.364 e. The molecular weight excluding hydrogens is 492 g/mol. The number of rotatable bonds is 2. The third kappa shape index (κ3) is 5.37. The van der Waals surface area contributed by atoms with Crippen LogP contribution in [0.4, 0.5) is 0 Å². The van der Waals surface area contributed by atoms with Gasteiger partial charge in [-0.25, -0.2) is 16.8 Å². The van der Waals surface area contributed by atoms with Crippen LogP contribution >= 0.6 is 0 Å². The lowest BCUT2D eigenvalue weighted by atomic mass is 9.95. The standard InChI is InChI=1S/2C11H8N2O3S.CH4/c1-17(15,16)10-4-2-3-8-7(10)5-6-9(13-12)11(8)14;1-17(15,16)10-6-9(13-12)11(14)8-5-3-2-4-7(8)10;/h2*2-6H,1H3;1H4. The average Bonchev–Trinajstić information content (AvgIpc) is 2.78. The summed E-state index contributed by atoms with van der Waals surface area (Å²) in [5.74, 6) is -0.981. The van der Waals surface area contributed by atoms with Gasteiger partial charge in [0.05, 0.1) is 15.9 Å². The number of nitrogens with zero attached hydrogens (tertiary/aromatic N) is 4. The van der Waals surface area contributed by atoms with Crippen molar-refractivity contribution in [3.05, 3.63) is 87.9 Å². The molecule has 0 saturated carbocycles. The maximum atomic E-state index is 11.8. The quantitative estimate of drug-likeness (QED) is 0.441. The first kappa shape index (κ1) is 27.2. The molecule has 0 amide bonds. The van der Waals surface area contributed by atoms with Gasteiger partial charge in [0.2, 0.25) is 0 Å². The average molecular weight is 513 g/mol. The van der Waals surface area contributed by atoms with Gasteiger partial charge >= 0.3 is 11.4 Å². The predicted octanol–water partition coefficient (Wildman–Crippen LogP) is 2.55. The van der Waals surface area contributed by atoms with E-state index in [1.165, 1.54) is 36.4 Å². The van der Waals surface area contributed by atoms with Crippen molar-refractivity contribution in [1.82, 2.24) is 0 Å². The highest BCUT2D eigenvalue weighted by Crippen LogP contribution is 2.28. The zero-order chi connectivity index (χ0) is 25.3. The van der Waals surface area contributed by atoms with Crippen LogP contribution in [0.25, 0.3) is 22.0 Å². The van der Waals surface area contributed by atoms with Crippen molar-refractivity contribution in [3.8, 4) is 0 Å². The Balaban J connectivity index is 0.000000240. The molecule has 35 heavy (non-hydrogen) atoms. The lowest BCUT2D eigenvalue weighted by molar-refractivity contribution is -0.00459. The molecule has 12 heteroatoms. The van der Waals surface area contributed by atoms with Crippen LogP contribution in [0.3, 0.4) is 0 Å². The number of carbonyl (C=O) groups is 2. The van der Waals surface area contributed by atoms with Crippen LogP contribution in [-0.4, -0.2) is 61.9 Å². The minimum absolute atomic E-state index is 0. The Bertz CT molecular complexity index is 1640. The van der Waals surface area contributed by atoms with Crippen LogP contribution in [0, 0.1) is 0 Å². The van der Waals surface area contributed by atoms with E-state index in [2.05, 4.69) is 9.58 Å². The number of benzene rings is 2. The zero-order valence-electron chi connectivity index (χ0n) is 17.8. The maximum Gasteiger partial charge on any atom is 0.364 e. The Morgan fingerprint density at radius 2 is 1.23 bits per heavy atom. The van der Waals surface area contributed by atoms with Crippen LogP contribution in [0.15, 0.2) is 59.5 Å². The SMILES string of the molecule is C.CS(=O)(=O)C1=CC(=[N+]=[N-])C(=O)c2ccccc21.CS(=O)(=O)c1cccc2c1C=CC(=[N+]=[N-])C2=O. The lowest BCUT2D eigenvalue weighted by Gasteiger charge is -2.12. The first-order chi connectivity index (χ1) is 15.9. The first-order valence-electron chi connectivity index (χ1n) is 9.46. The van der Waals surface area contributed by atoms with Gasteiger partial charge in [-0.1, -0.05) is 43.8 Å². The van der Waals surface area contributed by atoms with Crippen molar-refractivity contribution in [1.29, 1.82) is 0 Å². The molecule has 10 nitrogen and oxygen atoms in total. The van der Waals surface area contributed by atoms with Crippen molar-refractivity contribution in [2.24, 2.45) is 0 Å². The van der Waals surface area contributed by atoms with Crippen LogP contribution < -0.4 is 0 Å². The van der Waals surface area contributed by atoms with E-state index < -0.39 is 31.2 Å². The zero-order valence-corrected chi connectivity index (χ0v) is 19.5. The monoisotopic (exact) mass is 512 g/mol. The second-order valence-electron chi connectivity index (χ2n) is 7.28. The van der Waals surface area contributed by atoms with E-state index in [4.69, 9.17) is 11.1 Å². The Morgan fingerprint density at radius 1 is 0.686 bits per heavy atom. The number of hydrogen-bond acceptors (Lipinski definition) is 6. The van der Waals surface area contributed by atoms with E-state index in [1.807, 2.05) is 0 Å². The summed E-state index contributed by atoms with van der Waals surface area (Å²) in [7, 11) is -6.89. The summed E-state index contributed by atoms with van der Waals surface area (Å²) in [5.41, 5.74) is 18.1. The summed E-state index contributed by atoms with van der Waals surface area (Å²) in [4.78, 5) is 29.3. The number of Topliss-reactive ketones (excluding diaryl/α,β-unsaturated/α-hetero) is 2. The fourth-order valence-electron chi connectivity index (χ4n) is 3.37.